The van der Waals surface area contributed by atoms with Crippen LogP contribution in [0.5, 0.6) is 5.75 Å². The highest BCUT2D eigenvalue weighted by Gasteiger charge is 2.25. The summed E-state index contributed by atoms with van der Waals surface area (Å²) in [5.74, 6) is 1.42. The largest absolute Gasteiger partial charge is 0.508 e. The molecule has 4 rings (SSSR count). The van der Waals surface area contributed by atoms with Crippen LogP contribution in [-0.2, 0) is 0 Å². The third kappa shape index (κ3) is 1.93. The highest BCUT2D eigenvalue weighted by Crippen LogP contribution is 2.33. The zero-order chi connectivity index (χ0) is 13.5. The molecule has 2 heterocycles. The van der Waals surface area contributed by atoms with Crippen molar-refractivity contribution >= 4 is 22.5 Å². The molecule has 1 fully saturated rings. The molecule has 0 atom stereocenters. The highest BCUT2D eigenvalue weighted by atomic mass is 16.3. The first-order chi connectivity index (χ1) is 9.79. The molecule has 1 aromatic carbocycles. The summed E-state index contributed by atoms with van der Waals surface area (Å²) in [6.07, 6.45) is 5.43. The first kappa shape index (κ1) is 11.2. The summed E-state index contributed by atoms with van der Waals surface area (Å²) in [4.78, 5) is 10.1. The second-order valence-electron chi connectivity index (χ2n) is 4.83. The summed E-state index contributed by atoms with van der Waals surface area (Å²) in [6.45, 7) is 0. The van der Waals surface area contributed by atoms with Gasteiger partial charge in [0.1, 0.15) is 17.9 Å². The van der Waals surface area contributed by atoms with Gasteiger partial charge in [-0.2, -0.15) is 9.90 Å². The van der Waals surface area contributed by atoms with Gasteiger partial charge in [-0.3, -0.25) is 0 Å². The van der Waals surface area contributed by atoms with Crippen LogP contribution in [0.15, 0.2) is 30.7 Å². The lowest BCUT2D eigenvalue weighted by Crippen LogP contribution is -2.00. The van der Waals surface area contributed by atoms with Crippen LogP contribution in [0.25, 0.3) is 10.9 Å². The summed E-state index contributed by atoms with van der Waals surface area (Å²) >= 11 is 0. The van der Waals surface area contributed by atoms with Gasteiger partial charge in [-0.1, -0.05) is 0 Å². The summed E-state index contributed by atoms with van der Waals surface area (Å²) in [7, 11) is 0. The fourth-order valence-electron chi connectivity index (χ4n) is 2.08. The van der Waals surface area contributed by atoms with Crippen molar-refractivity contribution in [3.8, 4) is 5.75 Å². The number of hydrogen-bond donors (Lipinski definition) is 2. The number of aromatic hydroxyl groups is 1. The molecule has 0 bridgehead atoms. The molecule has 1 saturated carbocycles. The minimum atomic E-state index is 0.178. The molecular weight excluding hydrogens is 256 g/mol. The van der Waals surface area contributed by atoms with Crippen molar-refractivity contribution in [2.75, 3.05) is 5.32 Å². The van der Waals surface area contributed by atoms with Gasteiger partial charge in [0.15, 0.2) is 5.82 Å². The second-order valence-corrected chi connectivity index (χ2v) is 4.83. The molecule has 0 aliphatic heterocycles. The summed E-state index contributed by atoms with van der Waals surface area (Å²) in [5.41, 5.74) is 0.759. The number of nitrogens with one attached hydrogen (secondary N) is 1. The van der Waals surface area contributed by atoms with Crippen LogP contribution < -0.4 is 5.32 Å². The Kier molecular flexibility index (Phi) is 2.32. The van der Waals surface area contributed by atoms with Gasteiger partial charge in [0.2, 0.25) is 0 Å². The number of fused-ring (bicyclic) bond motifs is 1. The molecular formula is C13H12N6O. The Morgan fingerprint density at radius 1 is 1.25 bits per heavy atom. The van der Waals surface area contributed by atoms with E-state index in [4.69, 9.17) is 0 Å². The molecule has 20 heavy (non-hydrogen) atoms. The SMILES string of the molecule is Oc1ccc2ncnc(Nc3cnn(C4CC4)n3)c2c1. The number of benzene rings is 1. The van der Waals surface area contributed by atoms with Crippen LogP contribution in [0.3, 0.4) is 0 Å². The monoisotopic (exact) mass is 268 g/mol. The number of phenolic OH excluding ortho intramolecular Hbond substituents is 1. The van der Waals surface area contributed by atoms with Crippen molar-refractivity contribution in [3.63, 3.8) is 0 Å². The number of rotatable bonds is 3. The summed E-state index contributed by atoms with van der Waals surface area (Å²) < 4.78 is 0. The fraction of sp³-hybridized carbons (Fsp3) is 0.231. The molecule has 2 N–H and O–H groups in total. The molecule has 3 aromatic rings. The van der Waals surface area contributed by atoms with Crippen LogP contribution >= 0.6 is 0 Å². The van der Waals surface area contributed by atoms with Gasteiger partial charge >= 0.3 is 0 Å². The third-order valence-electron chi connectivity index (χ3n) is 3.25. The van der Waals surface area contributed by atoms with E-state index in [0.717, 1.165) is 23.7 Å². The van der Waals surface area contributed by atoms with Crippen molar-refractivity contribution in [2.24, 2.45) is 0 Å². The molecule has 0 radical (unpaired) electrons. The molecule has 7 nitrogen and oxygen atoms in total. The van der Waals surface area contributed by atoms with Crippen LogP contribution in [0.1, 0.15) is 18.9 Å². The second kappa shape index (κ2) is 4.16. The number of phenols is 1. The van der Waals surface area contributed by atoms with E-state index in [1.54, 1.807) is 29.2 Å². The van der Waals surface area contributed by atoms with Gasteiger partial charge < -0.3 is 10.4 Å². The topological polar surface area (TPSA) is 88.8 Å². The van der Waals surface area contributed by atoms with E-state index in [9.17, 15) is 5.11 Å². The fourth-order valence-corrected chi connectivity index (χ4v) is 2.08. The van der Waals surface area contributed by atoms with E-state index < -0.39 is 0 Å². The quantitative estimate of drug-likeness (QED) is 0.755. The maximum absolute atomic E-state index is 9.59. The van der Waals surface area contributed by atoms with Gasteiger partial charge in [-0.05, 0) is 31.0 Å². The highest BCUT2D eigenvalue weighted by molar-refractivity contribution is 5.91. The zero-order valence-corrected chi connectivity index (χ0v) is 10.6. The molecule has 100 valence electrons. The van der Waals surface area contributed by atoms with Crippen molar-refractivity contribution < 1.29 is 5.11 Å². The van der Waals surface area contributed by atoms with Crippen molar-refractivity contribution in [3.05, 3.63) is 30.7 Å². The van der Waals surface area contributed by atoms with Gasteiger partial charge in [-0.25, -0.2) is 9.97 Å². The molecule has 0 unspecified atom stereocenters. The third-order valence-corrected chi connectivity index (χ3v) is 3.25. The van der Waals surface area contributed by atoms with Gasteiger partial charge in [0, 0.05) is 5.39 Å². The molecule has 0 saturated heterocycles. The van der Waals surface area contributed by atoms with E-state index in [0.29, 0.717) is 17.7 Å². The Morgan fingerprint density at radius 2 is 2.15 bits per heavy atom. The number of nitrogens with zero attached hydrogens (tertiary/aromatic N) is 5. The lowest BCUT2D eigenvalue weighted by Gasteiger charge is -2.05. The lowest BCUT2D eigenvalue weighted by atomic mass is 10.2. The average molecular weight is 268 g/mol. The molecule has 7 heteroatoms. The first-order valence-corrected chi connectivity index (χ1v) is 6.42. The standard InChI is InChI=1S/C13H12N6O/c20-9-3-4-11-10(5-9)13(15-7-14-11)17-12-6-16-19(18-12)8-1-2-8/h3-8,20H,1-2H2,(H,14,15,17,18). The van der Waals surface area contributed by atoms with E-state index in [-0.39, 0.29) is 5.75 Å². The average Bonchev–Trinajstić information content (AvgIpc) is 3.20. The maximum Gasteiger partial charge on any atom is 0.174 e. The molecule has 2 aromatic heterocycles. The van der Waals surface area contributed by atoms with Gasteiger partial charge in [0.05, 0.1) is 17.8 Å². The van der Waals surface area contributed by atoms with Gasteiger partial charge in [-0.15, -0.1) is 5.10 Å². The zero-order valence-electron chi connectivity index (χ0n) is 10.6. The van der Waals surface area contributed by atoms with Crippen LogP contribution in [0.2, 0.25) is 0 Å². The molecule has 1 aliphatic rings. The minimum absolute atomic E-state index is 0.178. The normalized spacial score (nSPS) is 14.6. The van der Waals surface area contributed by atoms with Crippen molar-refractivity contribution in [1.29, 1.82) is 0 Å². The van der Waals surface area contributed by atoms with E-state index in [1.807, 2.05) is 0 Å². The number of aromatic nitrogens is 5. The van der Waals surface area contributed by atoms with Crippen molar-refractivity contribution in [1.82, 2.24) is 25.0 Å². The molecule has 0 amide bonds. The predicted molar refractivity (Wildman–Crippen MR) is 72.8 cm³/mol. The Balaban J connectivity index is 1.71. The maximum atomic E-state index is 9.59. The van der Waals surface area contributed by atoms with E-state index >= 15 is 0 Å². The predicted octanol–water partition coefficient (Wildman–Crippen LogP) is 2.01. The van der Waals surface area contributed by atoms with E-state index in [2.05, 4.69) is 25.5 Å². The number of anilines is 2. The van der Waals surface area contributed by atoms with Crippen LogP contribution in [-0.4, -0.2) is 30.1 Å². The van der Waals surface area contributed by atoms with E-state index in [1.165, 1.54) is 6.33 Å². The Bertz CT molecular complexity index is 779. The van der Waals surface area contributed by atoms with Crippen molar-refractivity contribution in [2.45, 2.75) is 18.9 Å². The van der Waals surface area contributed by atoms with Crippen LogP contribution in [0, 0.1) is 0 Å². The first-order valence-electron chi connectivity index (χ1n) is 6.42. The lowest BCUT2D eigenvalue weighted by molar-refractivity contribution is 0.476. The minimum Gasteiger partial charge on any atom is -0.508 e. The Morgan fingerprint density at radius 3 is 3.00 bits per heavy atom. The molecule has 1 aliphatic carbocycles. The smallest absolute Gasteiger partial charge is 0.174 e. The Hall–Kier alpha value is -2.70. The van der Waals surface area contributed by atoms with Crippen LogP contribution in [0.4, 0.5) is 11.6 Å². The van der Waals surface area contributed by atoms with Gasteiger partial charge in [0.25, 0.3) is 0 Å². The molecule has 0 spiro atoms. The summed E-state index contributed by atoms with van der Waals surface area (Å²) in [5, 5.41) is 22.0. The number of hydrogen-bond acceptors (Lipinski definition) is 6. The summed E-state index contributed by atoms with van der Waals surface area (Å²) in [6, 6.07) is 5.42. The Labute approximate surface area is 114 Å².